The van der Waals surface area contributed by atoms with E-state index in [2.05, 4.69) is 27.7 Å². The molecule has 0 saturated heterocycles. The summed E-state index contributed by atoms with van der Waals surface area (Å²) in [6.07, 6.45) is 0.908. The van der Waals surface area contributed by atoms with Crippen LogP contribution in [0.3, 0.4) is 0 Å². The Labute approximate surface area is 174 Å². The standard InChI is InChI=1S/C19H20BrF3N2O4/c1-10(19(5,22)23)6-11(2)25(13(4)26)17-7-14(15(20)8-16(17)21)9-24-29-12(3)18(27)28/h6-9,12H,2H2,1,3-5H3,(H,27,28)/b10-6+,24-9+. The first-order valence-corrected chi connectivity index (χ1v) is 9.02. The van der Waals surface area contributed by atoms with Crippen LogP contribution < -0.4 is 4.90 Å². The van der Waals surface area contributed by atoms with Gasteiger partial charge in [-0.2, -0.15) is 0 Å². The summed E-state index contributed by atoms with van der Waals surface area (Å²) in [4.78, 5) is 28.4. The number of nitrogens with zero attached hydrogens (tertiary/aromatic N) is 2. The predicted molar refractivity (Wildman–Crippen MR) is 107 cm³/mol. The molecule has 29 heavy (non-hydrogen) atoms. The average Bonchev–Trinajstić information content (AvgIpc) is 2.56. The van der Waals surface area contributed by atoms with E-state index in [4.69, 9.17) is 9.94 Å². The summed E-state index contributed by atoms with van der Waals surface area (Å²) in [5.41, 5.74) is -0.512. The molecule has 0 aliphatic heterocycles. The molecule has 158 valence electrons. The van der Waals surface area contributed by atoms with Gasteiger partial charge in [0.1, 0.15) is 5.82 Å². The minimum atomic E-state index is -3.14. The van der Waals surface area contributed by atoms with Crippen LogP contribution in [0.25, 0.3) is 0 Å². The van der Waals surface area contributed by atoms with Crippen LogP contribution in [0.1, 0.15) is 33.3 Å². The molecule has 1 rings (SSSR count). The van der Waals surface area contributed by atoms with Crippen molar-refractivity contribution in [1.82, 2.24) is 0 Å². The lowest BCUT2D eigenvalue weighted by Gasteiger charge is -2.24. The molecule has 1 N–H and O–H groups in total. The van der Waals surface area contributed by atoms with Crippen LogP contribution >= 0.6 is 15.9 Å². The third-order valence-electron chi connectivity index (χ3n) is 3.74. The number of hydrogen-bond donors (Lipinski definition) is 1. The second-order valence-corrected chi connectivity index (χ2v) is 7.06. The van der Waals surface area contributed by atoms with Gasteiger partial charge in [-0.1, -0.05) is 27.7 Å². The van der Waals surface area contributed by atoms with Crippen molar-refractivity contribution in [3.63, 3.8) is 0 Å². The zero-order chi connectivity index (χ0) is 22.5. The molecular formula is C19H20BrF3N2O4. The number of benzene rings is 1. The Morgan fingerprint density at radius 3 is 2.45 bits per heavy atom. The van der Waals surface area contributed by atoms with Gasteiger partial charge in [0.15, 0.2) is 0 Å². The van der Waals surface area contributed by atoms with Crippen molar-refractivity contribution in [3.05, 3.63) is 51.9 Å². The Hall–Kier alpha value is -2.62. The van der Waals surface area contributed by atoms with E-state index in [0.29, 0.717) is 6.92 Å². The fraction of sp³-hybridized carbons (Fsp3) is 0.316. The van der Waals surface area contributed by atoms with Crippen LogP contribution in [-0.4, -0.2) is 35.2 Å². The normalized spacial score (nSPS) is 13.3. The molecule has 6 nitrogen and oxygen atoms in total. The lowest BCUT2D eigenvalue weighted by Crippen LogP contribution is -2.28. The summed E-state index contributed by atoms with van der Waals surface area (Å²) in [6, 6.07) is 2.27. The minimum absolute atomic E-state index is 0.156. The lowest BCUT2D eigenvalue weighted by molar-refractivity contribution is -0.149. The maximum atomic E-state index is 14.5. The number of oxime groups is 1. The fourth-order valence-electron chi connectivity index (χ4n) is 2.02. The molecule has 0 aliphatic carbocycles. The monoisotopic (exact) mass is 476 g/mol. The third-order valence-corrected chi connectivity index (χ3v) is 4.43. The highest BCUT2D eigenvalue weighted by atomic mass is 79.9. The van der Waals surface area contributed by atoms with E-state index in [1.54, 1.807) is 0 Å². The van der Waals surface area contributed by atoms with Crippen LogP contribution in [0, 0.1) is 5.82 Å². The van der Waals surface area contributed by atoms with E-state index in [1.165, 1.54) is 19.9 Å². The molecule has 1 amide bonds. The van der Waals surface area contributed by atoms with Crippen LogP contribution in [0.5, 0.6) is 0 Å². The summed E-state index contributed by atoms with van der Waals surface area (Å²) >= 11 is 3.13. The van der Waals surface area contributed by atoms with Crippen molar-refractivity contribution in [2.45, 2.75) is 39.7 Å². The van der Waals surface area contributed by atoms with Crippen LogP contribution in [0.15, 0.2) is 45.7 Å². The number of anilines is 1. The minimum Gasteiger partial charge on any atom is -0.478 e. The predicted octanol–water partition coefficient (Wildman–Crippen LogP) is 4.88. The van der Waals surface area contributed by atoms with Crippen molar-refractivity contribution in [1.29, 1.82) is 0 Å². The highest BCUT2D eigenvalue weighted by Crippen LogP contribution is 2.31. The Bertz CT molecular complexity index is 879. The van der Waals surface area contributed by atoms with Gasteiger partial charge in [0, 0.05) is 29.6 Å². The lowest BCUT2D eigenvalue weighted by atomic mass is 10.1. The molecular weight excluding hydrogens is 457 g/mol. The number of rotatable bonds is 8. The van der Waals surface area contributed by atoms with Crippen molar-refractivity contribution in [2.75, 3.05) is 4.90 Å². The molecule has 0 spiro atoms. The van der Waals surface area contributed by atoms with E-state index >= 15 is 0 Å². The Kier molecular flexibility index (Phi) is 8.19. The van der Waals surface area contributed by atoms with Crippen molar-refractivity contribution in [3.8, 4) is 0 Å². The first-order chi connectivity index (χ1) is 13.3. The van der Waals surface area contributed by atoms with E-state index in [0.717, 1.165) is 30.2 Å². The van der Waals surface area contributed by atoms with Gasteiger partial charge in [-0.05, 0) is 37.6 Å². The van der Waals surface area contributed by atoms with E-state index < -0.39 is 29.7 Å². The highest BCUT2D eigenvalue weighted by Gasteiger charge is 2.26. The zero-order valence-corrected chi connectivity index (χ0v) is 17.8. The average molecular weight is 477 g/mol. The number of carboxylic acids is 1. The maximum Gasteiger partial charge on any atom is 0.347 e. The number of aliphatic carboxylic acids is 1. The smallest absolute Gasteiger partial charge is 0.347 e. The van der Waals surface area contributed by atoms with Gasteiger partial charge < -0.3 is 9.94 Å². The number of carbonyl (C=O) groups is 2. The van der Waals surface area contributed by atoms with Crippen LogP contribution in [0.4, 0.5) is 18.9 Å². The van der Waals surface area contributed by atoms with Gasteiger partial charge in [-0.25, -0.2) is 18.0 Å². The number of carboxylic acid groups (broad SMARTS) is 1. The molecule has 0 aliphatic rings. The molecule has 1 aromatic rings. The number of halogens is 4. The van der Waals surface area contributed by atoms with Crippen molar-refractivity contribution >= 4 is 39.7 Å². The first-order valence-electron chi connectivity index (χ1n) is 8.23. The van der Waals surface area contributed by atoms with Gasteiger partial charge in [-0.3, -0.25) is 9.69 Å². The third kappa shape index (κ3) is 6.74. The van der Waals surface area contributed by atoms with Gasteiger partial charge in [-0.15, -0.1) is 0 Å². The summed E-state index contributed by atoms with van der Waals surface area (Å²) in [7, 11) is 0. The van der Waals surface area contributed by atoms with E-state index in [9.17, 15) is 22.8 Å². The van der Waals surface area contributed by atoms with Gasteiger partial charge >= 0.3 is 5.97 Å². The number of carbonyl (C=O) groups excluding carboxylic acids is 1. The van der Waals surface area contributed by atoms with Crippen LogP contribution in [0.2, 0.25) is 0 Å². The van der Waals surface area contributed by atoms with Crippen molar-refractivity contribution in [2.24, 2.45) is 5.16 Å². The molecule has 1 atom stereocenters. The SMILES string of the molecule is C=C(/C=C(\C)C(C)(F)F)N(C(C)=O)c1cc(/C=N/OC(C)C(=O)O)c(Br)cc1F. The summed E-state index contributed by atoms with van der Waals surface area (Å²) in [5, 5.41) is 12.3. The largest absolute Gasteiger partial charge is 0.478 e. The summed E-state index contributed by atoms with van der Waals surface area (Å²) in [6.45, 7) is 7.85. The molecule has 0 heterocycles. The molecule has 0 saturated carbocycles. The molecule has 0 radical (unpaired) electrons. The number of alkyl halides is 2. The number of amides is 1. The van der Waals surface area contributed by atoms with Gasteiger partial charge in [0.05, 0.1) is 11.9 Å². The van der Waals surface area contributed by atoms with Crippen molar-refractivity contribution < 1.29 is 32.7 Å². The molecule has 1 unspecified atom stereocenters. The Balaban J connectivity index is 3.35. The second kappa shape index (κ2) is 9.73. The molecule has 0 bridgehead atoms. The Morgan fingerprint density at radius 2 is 1.97 bits per heavy atom. The molecule has 0 fully saturated rings. The molecule has 10 heteroatoms. The number of hydrogen-bond acceptors (Lipinski definition) is 4. The van der Waals surface area contributed by atoms with E-state index in [-0.39, 0.29) is 27.0 Å². The Morgan fingerprint density at radius 1 is 1.38 bits per heavy atom. The topological polar surface area (TPSA) is 79.2 Å². The zero-order valence-electron chi connectivity index (χ0n) is 16.2. The molecule has 0 aromatic heterocycles. The van der Waals surface area contributed by atoms with Crippen LogP contribution in [-0.2, 0) is 14.4 Å². The second-order valence-electron chi connectivity index (χ2n) is 6.21. The number of allylic oxidation sites excluding steroid dienone is 2. The summed E-state index contributed by atoms with van der Waals surface area (Å²) in [5.74, 6) is -5.84. The van der Waals surface area contributed by atoms with Gasteiger partial charge in [0.2, 0.25) is 12.0 Å². The summed E-state index contributed by atoms with van der Waals surface area (Å²) < 4.78 is 41.7. The quantitative estimate of drug-likeness (QED) is 0.329. The van der Waals surface area contributed by atoms with E-state index in [1.807, 2.05) is 0 Å². The van der Waals surface area contributed by atoms with Gasteiger partial charge in [0.25, 0.3) is 5.92 Å². The first kappa shape index (κ1) is 24.4. The fourth-order valence-corrected chi connectivity index (χ4v) is 2.43. The molecule has 1 aromatic carbocycles. The highest BCUT2D eigenvalue weighted by molar-refractivity contribution is 9.10. The maximum absolute atomic E-state index is 14.5.